The lowest BCUT2D eigenvalue weighted by atomic mass is 9.83. The smallest absolute Gasteiger partial charge is 0.251 e. The summed E-state index contributed by atoms with van der Waals surface area (Å²) in [4.78, 5) is 28.0. The number of unbranched alkanes of at least 4 members (excludes halogenated alkanes) is 2. The zero-order chi connectivity index (χ0) is 29.0. The Hall–Kier alpha value is -3.65. The number of fused-ring (bicyclic) bond motifs is 2. The van der Waals surface area contributed by atoms with Gasteiger partial charge in [0.2, 0.25) is 0 Å². The lowest BCUT2D eigenvalue weighted by molar-refractivity contribution is -0.116. The van der Waals surface area contributed by atoms with E-state index in [1.165, 1.54) is 33.4 Å². The van der Waals surface area contributed by atoms with E-state index in [0.29, 0.717) is 18.8 Å². The number of rotatable bonds is 4. The third kappa shape index (κ3) is 5.57. The Bertz CT molecular complexity index is 1430. The maximum absolute atomic E-state index is 12.2. The van der Waals surface area contributed by atoms with Crippen LogP contribution in [0, 0.1) is 55.0 Å². The fourth-order valence-corrected chi connectivity index (χ4v) is 5.67. The quantitative estimate of drug-likeness (QED) is 0.317. The number of hydrogen-bond donors (Lipinski definition) is 2. The molecular weight excluding hydrogens is 482 g/mol. The van der Waals surface area contributed by atoms with Crippen molar-refractivity contribution in [2.45, 2.75) is 101 Å². The molecule has 0 saturated heterocycles. The van der Waals surface area contributed by atoms with Crippen molar-refractivity contribution in [1.82, 2.24) is 10.6 Å². The first-order valence-corrected chi connectivity index (χ1v) is 14.1. The van der Waals surface area contributed by atoms with Crippen LogP contribution in [0.5, 0.6) is 0 Å². The van der Waals surface area contributed by atoms with Crippen molar-refractivity contribution >= 4 is 28.6 Å². The van der Waals surface area contributed by atoms with Gasteiger partial charge in [-0.05, 0) is 117 Å². The van der Waals surface area contributed by atoms with Crippen molar-refractivity contribution in [3.63, 3.8) is 0 Å². The van der Waals surface area contributed by atoms with Crippen LogP contribution in [0.4, 0.5) is 5.69 Å². The largest absolute Gasteiger partial charge is 0.348 e. The van der Waals surface area contributed by atoms with Crippen molar-refractivity contribution in [3.05, 3.63) is 84.8 Å². The molecule has 0 spiro atoms. The molecule has 0 aromatic heterocycles. The number of benzene rings is 2. The second-order valence-electron chi connectivity index (χ2n) is 10.7. The fourth-order valence-electron chi connectivity index (χ4n) is 5.67. The van der Waals surface area contributed by atoms with Crippen LogP contribution in [0.15, 0.2) is 12.2 Å². The molecule has 0 aliphatic carbocycles. The van der Waals surface area contributed by atoms with E-state index in [1.807, 2.05) is 26.8 Å². The van der Waals surface area contributed by atoms with Gasteiger partial charge in [0.1, 0.15) is 0 Å². The van der Waals surface area contributed by atoms with E-state index in [0.717, 1.165) is 64.6 Å². The van der Waals surface area contributed by atoms with Crippen LogP contribution in [0.3, 0.4) is 0 Å². The molecule has 0 bridgehead atoms. The first-order chi connectivity index (χ1) is 18.5. The summed E-state index contributed by atoms with van der Waals surface area (Å²) in [6, 6.07) is 0. The van der Waals surface area contributed by atoms with E-state index in [9.17, 15) is 9.59 Å². The van der Waals surface area contributed by atoms with Crippen LogP contribution in [-0.2, 0) is 22.7 Å². The van der Waals surface area contributed by atoms with Crippen molar-refractivity contribution in [3.8, 4) is 0 Å². The molecule has 2 aromatic carbocycles. The van der Waals surface area contributed by atoms with Crippen molar-refractivity contribution in [1.29, 1.82) is 0 Å². The van der Waals surface area contributed by atoms with Gasteiger partial charge in [0.05, 0.1) is 6.57 Å². The molecule has 5 nitrogen and oxygen atoms in total. The Morgan fingerprint density at radius 3 is 1.49 bits per heavy atom. The predicted molar refractivity (Wildman–Crippen MR) is 162 cm³/mol. The molecule has 2 amide bonds. The van der Waals surface area contributed by atoms with Gasteiger partial charge in [0, 0.05) is 24.2 Å². The highest BCUT2D eigenvalue weighted by molar-refractivity contribution is 6.22. The van der Waals surface area contributed by atoms with Crippen LogP contribution in [0.2, 0.25) is 0 Å². The topological polar surface area (TPSA) is 62.6 Å². The van der Waals surface area contributed by atoms with Crippen LogP contribution in [0.1, 0.15) is 101 Å². The molecule has 0 atom stereocenters. The van der Waals surface area contributed by atoms with Crippen LogP contribution in [-0.4, -0.2) is 11.8 Å². The summed E-state index contributed by atoms with van der Waals surface area (Å²) in [7, 11) is 0. The van der Waals surface area contributed by atoms with Gasteiger partial charge in [0.25, 0.3) is 11.8 Å². The van der Waals surface area contributed by atoms with Gasteiger partial charge in [0.15, 0.2) is 5.69 Å². The maximum atomic E-state index is 12.2. The number of nitrogens with zero attached hydrogens (tertiary/aromatic N) is 1. The van der Waals surface area contributed by atoms with E-state index in [2.05, 4.69) is 63.1 Å². The predicted octanol–water partition coefficient (Wildman–Crippen LogP) is 7.71. The minimum atomic E-state index is -0.0202. The zero-order valence-corrected chi connectivity index (χ0v) is 25.2. The summed E-state index contributed by atoms with van der Waals surface area (Å²) in [6.07, 6.45) is 7.99. The molecule has 2 heterocycles. The molecule has 2 N–H and O–H groups in total. The molecule has 0 unspecified atom stereocenters. The molecule has 0 fully saturated rings. The Morgan fingerprint density at radius 2 is 1.05 bits per heavy atom. The van der Waals surface area contributed by atoms with E-state index in [-0.39, 0.29) is 11.8 Å². The molecule has 0 saturated carbocycles. The Balaban J connectivity index is 0.000000216. The van der Waals surface area contributed by atoms with E-state index < -0.39 is 0 Å². The molecular formula is C34H43N3O2. The van der Waals surface area contributed by atoms with Gasteiger partial charge in [-0.15, -0.1) is 0 Å². The molecule has 5 heteroatoms. The molecule has 39 heavy (non-hydrogen) atoms. The molecule has 206 valence electrons. The zero-order valence-electron chi connectivity index (χ0n) is 25.2. The summed E-state index contributed by atoms with van der Waals surface area (Å²) in [5, 5.41) is 5.95. The number of carbonyl (C=O) groups is 2. The number of carbonyl (C=O) groups excluding carboxylic acids is 2. The van der Waals surface area contributed by atoms with Crippen molar-refractivity contribution < 1.29 is 9.59 Å². The van der Waals surface area contributed by atoms with Crippen LogP contribution in [0.25, 0.3) is 16.0 Å². The molecule has 4 rings (SSSR count). The molecule has 0 radical (unpaired) electrons. The second-order valence-corrected chi connectivity index (χ2v) is 10.7. The first-order valence-electron chi connectivity index (χ1n) is 14.1. The summed E-state index contributed by atoms with van der Waals surface area (Å²) in [6.45, 7) is 27.5. The van der Waals surface area contributed by atoms with Crippen LogP contribution < -0.4 is 10.6 Å². The van der Waals surface area contributed by atoms with E-state index in [4.69, 9.17) is 6.57 Å². The average Bonchev–Trinajstić information content (AvgIpc) is 2.92. The number of nitrogens with one attached hydrogen (secondary N) is 2. The van der Waals surface area contributed by atoms with Gasteiger partial charge in [-0.1, -0.05) is 44.4 Å². The van der Waals surface area contributed by atoms with E-state index in [1.54, 1.807) is 0 Å². The normalized spacial score (nSPS) is 16.1. The number of hydrogen-bond acceptors (Lipinski definition) is 2. The minimum Gasteiger partial charge on any atom is -0.348 e. The third-order valence-electron chi connectivity index (χ3n) is 8.48. The standard InChI is InChI=1S/C17H20N2O.C17H23NO/c1-6-7-8-13-15-12(4)16(18-5)11(3)10(2)14(15)9-19-17(13)20;1-6-7-8-14-16-13(5)11(3)10(2)12(4)15(16)9-18-17(14)19/h8H,6-7,9H2,1-4H3,(H,19,20);8H,6-7,9H2,1-5H3,(H,18,19)/b13-8-;14-8-. The van der Waals surface area contributed by atoms with Gasteiger partial charge in [-0.25, -0.2) is 4.85 Å². The van der Waals surface area contributed by atoms with Gasteiger partial charge in [-0.2, -0.15) is 0 Å². The van der Waals surface area contributed by atoms with E-state index >= 15 is 0 Å². The average molecular weight is 526 g/mol. The summed E-state index contributed by atoms with van der Waals surface area (Å²) >= 11 is 0. The highest BCUT2D eigenvalue weighted by atomic mass is 16.2. The fraction of sp³-hybridized carbons (Fsp3) is 0.441. The SMILES string of the molecule is CCC/C=C1\C(=O)NCc2c(C)c(C)c(C)c(C)c21.[C-]#[N+]c1c(C)c(C)c2c(c1C)/C(=C/CCC)C(=O)NC2. The summed E-state index contributed by atoms with van der Waals surface area (Å²) in [5.41, 5.74) is 15.2. The van der Waals surface area contributed by atoms with Crippen molar-refractivity contribution in [2.24, 2.45) is 0 Å². The van der Waals surface area contributed by atoms with Gasteiger partial charge in [-0.3, -0.25) is 9.59 Å². The summed E-state index contributed by atoms with van der Waals surface area (Å²) < 4.78 is 0. The summed E-state index contributed by atoms with van der Waals surface area (Å²) in [5.74, 6) is 0.0555. The van der Waals surface area contributed by atoms with Gasteiger partial charge < -0.3 is 10.6 Å². The number of amides is 2. The molecule has 2 aliphatic rings. The lowest BCUT2D eigenvalue weighted by Crippen LogP contribution is -2.31. The minimum absolute atomic E-state index is 0.0202. The molecule has 2 aliphatic heterocycles. The monoisotopic (exact) mass is 525 g/mol. The third-order valence-corrected chi connectivity index (χ3v) is 8.48. The number of allylic oxidation sites excluding steroid dienone is 2. The lowest BCUT2D eigenvalue weighted by Gasteiger charge is -2.26. The Kier molecular flexibility index (Phi) is 9.56. The Labute approximate surface area is 234 Å². The molecule has 2 aromatic rings. The van der Waals surface area contributed by atoms with Crippen molar-refractivity contribution in [2.75, 3.05) is 0 Å². The van der Waals surface area contributed by atoms with Crippen LogP contribution >= 0.6 is 0 Å². The highest BCUT2D eigenvalue weighted by Crippen LogP contribution is 2.39. The first kappa shape index (κ1) is 29.9. The maximum Gasteiger partial charge on any atom is 0.251 e. The Morgan fingerprint density at radius 1 is 0.641 bits per heavy atom. The van der Waals surface area contributed by atoms with Gasteiger partial charge >= 0.3 is 0 Å². The second kappa shape index (κ2) is 12.5. The highest BCUT2D eigenvalue weighted by Gasteiger charge is 2.27.